The molecule has 160 valence electrons. The van der Waals surface area contributed by atoms with E-state index in [-0.39, 0.29) is 17.0 Å². The van der Waals surface area contributed by atoms with Crippen LogP contribution < -0.4 is 5.56 Å². The van der Waals surface area contributed by atoms with Crippen LogP contribution in [0.15, 0.2) is 53.5 Å². The molecule has 1 aliphatic carbocycles. The van der Waals surface area contributed by atoms with Gasteiger partial charge in [0.05, 0.1) is 41.1 Å². The van der Waals surface area contributed by atoms with Crippen LogP contribution in [0.1, 0.15) is 51.8 Å². The number of nitrogens with zero attached hydrogens (tertiary/aromatic N) is 4. The minimum atomic E-state index is -0.544. The Morgan fingerprint density at radius 1 is 1.12 bits per heavy atom. The molecular weight excluding hydrogens is 409 g/mol. The fourth-order valence-corrected chi connectivity index (χ4v) is 4.47. The summed E-state index contributed by atoms with van der Waals surface area (Å²) in [6.07, 6.45) is 4.42. The molecule has 2 aromatic heterocycles. The summed E-state index contributed by atoms with van der Waals surface area (Å²) in [5, 5.41) is 12.5. The van der Waals surface area contributed by atoms with Gasteiger partial charge in [0.2, 0.25) is 0 Å². The van der Waals surface area contributed by atoms with Gasteiger partial charge in [-0.15, -0.1) is 0 Å². The lowest BCUT2D eigenvalue weighted by atomic mass is 10.0. The van der Waals surface area contributed by atoms with Crippen molar-refractivity contribution in [1.82, 2.24) is 24.9 Å². The molecule has 0 atom stereocenters. The molecule has 0 radical (unpaired) electrons. The molecular formula is C24H20FN5O2. The van der Waals surface area contributed by atoms with Crippen LogP contribution in [0.2, 0.25) is 0 Å². The number of amides is 1. The third-order valence-corrected chi connectivity index (χ3v) is 6.27. The summed E-state index contributed by atoms with van der Waals surface area (Å²) < 4.78 is 16.7. The van der Waals surface area contributed by atoms with Crippen molar-refractivity contribution in [3.05, 3.63) is 92.9 Å². The van der Waals surface area contributed by atoms with Crippen LogP contribution in [0.3, 0.4) is 0 Å². The van der Waals surface area contributed by atoms with Gasteiger partial charge < -0.3 is 4.90 Å². The Balaban J connectivity index is 1.29. The average Bonchev–Trinajstić information content (AvgIpc) is 3.43. The quantitative estimate of drug-likeness (QED) is 0.539. The van der Waals surface area contributed by atoms with Gasteiger partial charge in [0.15, 0.2) is 0 Å². The Kier molecular flexibility index (Phi) is 4.21. The van der Waals surface area contributed by atoms with Crippen molar-refractivity contribution in [2.45, 2.75) is 38.4 Å². The Hall–Kier alpha value is -3.81. The zero-order chi connectivity index (χ0) is 21.8. The lowest BCUT2D eigenvalue weighted by Crippen LogP contribution is -2.27. The topological polar surface area (TPSA) is 83.9 Å². The maximum atomic E-state index is 14.7. The number of hydrogen-bond donors (Lipinski definition) is 1. The third kappa shape index (κ3) is 3.10. The molecule has 2 aromatic carbocycles. The van der Waals surface area contributed by atoms with E-state index in [0.29, 0.717) is 36.6 Å². The van der Waals surface area contributed by atoms with E-state index in [4.69, 9.17) is 0 Å². The van der Waals surface area contributed by atoms with E-state index >= 15 is 0 Å². The van der Waals surface area contributed by atoms with E-state index < -0.39 is 5.82 Å². The first-order chi connectivity index (χ1) is 15.6. The van der Waals surface area contributed by atoms with Gasteiger partial charge in [-0.05, 0) is 36.6 Å². The lowest BCUT2D eigenvalue weighted by Gasteiger charge is -2.17. The lowest BCUT2D eigenvalue weighted by molar-refractivity contribution is 0.0743. The number of hydrogen-bond acceptors (Lipinski definition) is 4. The number of aromatic nitrogens is 4. The summed E-state index contributed by atoms with van der Waals surface area (Å²) in [7, 11) is 0. The van der Waals surface area contributed by atoms with Gasteiger partial charge in [-0.2, -0.15) is 10.2 Å². The van der Waals surface area contributed by atoms with Crippen molar-refractivity contribution in [2.75, 3.05) is 0 Å². The van der Waals surface area contributed by atoms with Gasteiger partial charge in [0.25, 0.3) is 11.5 Å². The maximum Gasteiger partial charge on any atom is 0.272 e. The third-order valence-electron chi connectivity index (χ3n) is 6.27. The Morgan fingerprint density at radius 2 is 1.94 bits per heavy atom. The standard InChI is InChI=1S/C24H20FN5O2/c25-20-8-5-14(10-21-17-3-1-2-4-18(17)23(31)28-27-21)9-19(20)24(32)29-12-15-11-26-30(16-6-7-16)22(15)13-29/h1-5,8-9,11,16H,6-7,10,12-13H2,(H,28,31). The van der Waals surface area contributed by atoms with Crippen molar-refractivity contribution >= 4 is 16.7 Å². The predicted molar refractivity (Wildman–Crippen MR) is 116 cm³/mol. The number of carbonyl (C=O) groups is 1. The highest BCUT2D eigenvalue weighted by Crippen LogP contribution is 2.38. The molecule has 6 rings (SSSR count). The van der Waals surface area contributed by atoms with E-state index in [9.17, 15) is 14.0 Å². The highest BCUT2D eigenvalue weighted by Gasteiger charge is 2.34. The number of aromatic amines is 1. The summed E-state index contributed by atoms with van der Waals surface area (Å²) in [4.78, 5) is 26.9. The molecule has 0 unspecified atom stereocenters. The molecule has 7 nitrogen and oxygen atoms in total. The first-order valence-corrected chi connectivity index (χ1v) is 10.7. The number of fused-ring (bicyclic) bond motifs is 2. The molecule has 1 amide bonds. The average molecular weight is 429 g/mol. The zero-order valence-corrected chi connectivity index (χ0v) is 17.2. The summed E-state index contributed by atoms with van der Waals surface area (Å²) in [6.45, 7) is 0.886. The van der Waals surface area contributed by atoms with Crippen LogP contribution >= 0.6 is 0 Å². The van der Waals surface area contributed by atoms with Crippen LogP contribution in [-0.2, 0) is 19.5 Å². The minimum Gasteiger partial charge on any atom is -0.328 e. The smallest absolute Gasteiger partial charge is 0.272 e. The molecule has 4 aromatic rings. The summed E-state index contributed by atoms with van der Waals surface area (Å²) in [6, 6.07) is 12.2. The molecule has 0 bridgehead atoms. The Labute approximate surface area is 182 Å². The molecule has 8 heteroatoms. The fourth-order valence-electron chi connectivity index (χ4n) is 4.47. The van der Waals surface area contributed by atoms with Crippen molar-refractivity contribution in [3.8, 4) is 0 Å². The van der Waals surface area contributed by atoms with E-state index in [1.165, 1.54) is 6.07 Å². The monoisotopic (exact) mass is 429 g/mol. The van der Waals surface area contributed by atoms with Crippen molar-refractivity contribution in [1.29, 1.82) is 0 Å². The van der Waals surface area contributed by atoms with E-state index in [1.54, 1.807) is 29.2 Å². The van der Waals surface area contributed by atoms with Crippen molar-refractivity contribution in [3.63, 3.8) is 0 Å². The Bertz CT molecular complexity index is 1440. The summed E-state index contributed by atoms with van der Waals surface area (Å²) in [5.74, 6) is -0.875. The van der Waals surface area contributed by atoms with Gasteiger partial charge in [0.1, 0.15) is 5.82 Å². The van der Waals surface area contributed by atoms with Gasteiger partial charge in [-0.25, -0.2) is 9.49 Å². The summed E-state index contributed by atoms with van der Waals surface area (Å²) >= 11 is 0. The zero-order valence-electron chi connectivity index (χ0n) is 17.2. The largest absolute Gasteiger partial charge is 0.328 e. The highest BCUT2D eigenvalue weighted by atomic mass is 19.1. The van der Waals surface area contributed by atoms with E-state index in [1.807, 2.05) is 23.0 Å². The minimum absolute atomic E-state index is 0.0484. The SMILES string of the molecule is O=C(c1cc(Cc2n[nH]c(=O)c3ccccc23)ccc1F)N1Cc2cnn(C3CC3)c2C1. The fraction of sp³-hybridized carbons (Fsp3) is 0.250. The number of benzene rings is 2. The number of H-pyrrole nitrogens is 1. The second-order valence-electron chi connectivity index (χ2n) is 8.49. The number of rotatable bonds is 4. The van der Waals surface area contributed by atoms with Crippen molar-refractivity contribution < 1.29 is 9.18 Å². The Morgan fingerprint density at radius 3 is 2.75 bits per heavy atom. The van der Waals surface area contributed by atoms with E-state index in [2.05, 4.69) is 15.3 Å². The molecule has 1 saturated carbocycles. The molecule has 1 N–H and O–H groups in total. The van der Waals surface area contributed by atoms with Gasteiger partial charge in [-0.1, -0.05) is 24.3 Å². The van der Waals surface area contributed by atoms with Crippen LogP contribution in [0, 0.1) is 5.82 Å². The van der Waals surface area contributed by atoms with Crippen LogP contribution in [0.25, 0.3) is 10.8 Å². The molecule has 1 fully saturated rings. The molecule has 3 heterocycles. The molecule has 0 spiro atoms. The number of halogens is 1. The van der Waals surface area contributed by atoms with Gasteiger partial charge in [-0.3, -0.25) is 14.3 Å². The molecule has 32 heavy (non-hydrogen) atoms. The van der Waals surface area contributed by atoms with Crippen LogP contribution in [-0.4, -0.2) is 30.8 Å². The molecule has 1 aliphatic heterocycles. The predicted octanol–water partition coefficient (Wildman–Crippen LogP) is 3.34. The van der Waals surface area contributed by atoms with E-state index in [0.717, 1.165) is 35.0 Å². The first kappa shape index (κ1) is 18.9. The second kappa shape index (κ2) is 7.12. The maximum absolute atomic E-state index is 14.7. The number of nitrogens with one attached hydrogen (secondary N) is 1. The first-order valence-electron chi connectivity index (χ1n) is 10.7. The molecule has 0 saturated heterocycles. The van der Waals surface area contributed by atoms with Crippen LogP contribution in [0.5, 0.6) is 0 Å². The van der Waals surface area contributed by atoms with Crippen molar-refractivity contribution in [2.24, 2.45) is 0 Å². The van der Waals surface area contributed by atoms with Gasteiger partial charge >= 0.3 is 0 Å². The number of carbonyl (C=O) groups excluding carboxylic acids is 1. The highest BCUT2D eigenvalue weighted by molar-refractivity contribution is 5.95. The normalized spacial score (nSPS) is 15.3. The van der Waals surface area contributed by atoms with Crippen LogP contribution in [0.4, 0.5) is 4.39 Å². The second-order valence-corrected chi connectivity index (χ2v) is 8.49. The molecule has 2 aliphatic rings. The summed E-state index contributed by atoms with van der Waals surface area (Å²) in [5.41, 5.74) is 3.31. The van der Waals surface area contributed by atoms with Gasteiger partial charge in [0, 0.05) is 23.9 Å².